The lowest BCUT2D eigenvalue weighted by Crippen LogP contribution is -2.65. The van der Waals surface area contributed by atoms with E-state index in [4.69, 9.17) is 18.9 Å². The second-order valence-electron chi connectivity index (χ2n) is 23.2. The van der Waals surface area contributed by atoms with Crippen LogP contribution in [0.15, 0.2) is 0 Å². The highest BCUT2D eigenvalue weighted by Gasteiger charge is 2.66. The summed E-state index contributed by atoms with van der Waals surface area (Å²) in [5.74, 6) is -1.32. The van der Waals surface area contributed by atoms with Crippen molar-refractivity contribution in [2.75, 3.05) is 26.3 Å². The van der Waals surface area contributed by atoms with Crippen molar-refractivity contribution in [3.63, 3.8) is 0 Å². The Kier molecular flexibility index (Phi) is 15.6. The van der Waals surface area contributed by atoms with Gasteiger partial charge in [-0.25, -0.2) is 0 Å². The van der Waals surface area contributed by atoms with Crippen LogP contribution >= 0.6 is 0 Å². The zero-order valence-electron chi connectivity index (χ0n) is 40.4. The van der Waals surface area contributed by atoms with Gasteiger partial charge in [0.15, 0.2) is 11.2 Å². The summed E-state index contributed by atoms with van der Waals surface area (Å²) in [6, 6.07) is 0. The largest absolute Gasteiger partial charge is 0.461 e. The summed E-state index contributed by atoms with van der Waals surface area (Å²) >= 11 is 0. The number of nitrogens with zero attached hydrogens (tertiary/aromatic N) is 2. The van der Waals surface area contributed by atoms with Crippen molar-refractivity contribution < 1.29 is 38.1 Å². The van der Waals surface area contributed by atoms with Gasteiger partial charge in [0.05, 0.1) is 0 Å². The van der Waals surface area contributed by atoms with E-state index in [1.807, 2.05) is 0 Å². The lowest BCUT2D eigenvalue weighted by atomic mass is 9.72. The van der Waals surface area contributed by atoms with Gasteiger partial charge in [0.1, 0.15) is 37.8 Å². The zero-order valence-corrected chi connectivity index (χ0v) is 40.4. The van der Waals surface area contributed by atoms with E-state index in [1.54, 1.807) is 9.80 Å². The highest BCUT2D eigenvalue weighted by atomic mass is 16.6. The Labute approximate surface area is 374 Å². The minimum absolute atomic E-state index is 0.118. The third kappa shape index (κ3) is 11.9. The molecule has 6 aliphatic rings. The van der Waals surface area contributed by atoms with Crippen LogP contribution in [-0.2, 0) is 38.1 Å². The zero-order chi connectivity index (χ0) is 44.9. The first-order valence-corrected chi connectivity index (χ1v) is 25.1. The SMILES string of the molecule is CC1(C)CC2(CC(C)(C)N1)OC1(CCCCCCCCCCC1)N(CC(=O)OCCOC(=O)CN1C(=O)C3(CC(C)(C)NC(C)(C)C3)OC13CCCCCCCCCCC3)C2=O. The molecular formula is C50H86N4O8. The van der Waals surface area contributed by atoms with Crippen molar-refractivity contribution in [1.29, 1.82) is 0 Å². The van der Waals surface area contributed by atoms with Crippen molar-refractivity contribution in [3.05, 3.63) is 0 Å². The summed E-state index contributed by atoms with van der Waals surface area (Å²) in [5, 5.41) is 7.43. The maximum atomic E-state index is 14.8. The molecule has 12 nitrogen and oxygen atoms in total. The van der Waals surface area contributed by atoms with Crippen LogP contribution in [0.4, 0.5) is 0 Å². The molecule has 4 heterocycles. The van der Waals surface area contributed by atoms with E-state index in [0.29, 0.717) is 51.4 Å². The second-order valence-corrected chi connectivity index (χ2v) is 23.2. The van der Waals surface area contributed by atoms with Gasteiger partial charge in [0.2, 0.25) is 0 Å². The minimum atomic E-state index is -1.04. The van der Waals surface area contributed by atoms with Crippen LogP contribution in [0.1, 0.15) is 222 Å². The second kappa shape index (κ2) is 19.7. The maximum Gasteiger partial charge on any atom is 0.325 e. The lowest BCUT2D eigenvalue weighted by Gasteiger charge is -2.50. The number of hydrogen-bond donors (Lipinski definition) is 2. The number of piperidine rings is 2. The Bertz CT molecular complexity index is 1400. The summed E-state index contributed by atoms with van der Waals surface area (Å²) in [6.45, 7) is 16.3. The first-order valence-electron chi connectivity index (χ1n) is 25.1. The molecule has 2 aliphatic carbocycles. The fraction of sp³-hybridized carbons (Fsp3) is 0.920. The molecule has 62 heavy (non-hydrogen) atoms. The standard InChI is InChI=1S/C50H86N4O8/c1-43(2)35-47(36-44(3,4)51-43)41(57)53(49(61-47)27-23-19-15-11-9-12-16-20-24-28-49)33-39(55)59-31-32-60-40(56)34-54-42(58)48(37-45(5,6)52-46(7,8)38-48)62-50(54)29-25-21-17-13-10-14-18-22-26-30-50/h51-52H,9-38H2,1-8H3. The molecule has 2 N–H and O–H groups in total. The van der Waals surface area contributed by atoms with E-state index in [1.165, 1.54) is 38.5 Å². The smallest absolute Gasteiger partial charge is 0.325 e. The average Bonchev–Trinajstić information content (AvgIpc) is 3.45. The highest BCUT2D eigenvalue weighted by molar-refractivity contribution is 5.92. The quantitative estimate of drug-likeness (QED) is 0.188. The molecule has 2 amide bonds. The van der Waals surface area contributed by atoms with Crippen LogP contribution < -0.4 is 10.6 Å². The molecule has 6 rings (SSSR count). The third-order valence-corrected chi connectivity index (χ3v) is 14.7. The Morgan fingerprint density at radius 3 is 0.952 bits per heavy atom. The first kappa shape index (κ1) is 49.2. The van der Waals surface area contributed by atoms with Crippen molar-refractivity contribution in [1.82, 2.24) is 20.4 Å². The summed E-state index contributed by atoms with van der Waals surface area (Å²) in [6.07, 6.45) is 24.9. The van der Waals surface area contributed by atoms with Crippen LogP contribution in [0.5, 0.6) is 0 Å². The minimum Gasteiger partial charge on any atom is -0.461 e. The van der Waals surface area contributed by atoms with Gasteiger partial charge >= 0.3 is 11.9 Å². The van der Waals surface area contributed by atoms with Crippen LogP contribution in [-0.4, -0.2) is 105 Å². The van der Waals surface area contributed by atoms with Gasteiger partial charge in [-0.1, -0.05) is 89.9 Å². The third-order valence-electron chi connectivity index (χ3n) is 14.7. The van der Waals surface area contributed by atoms with E-state index in [2.05, 4.69) is 66.0 Å². The highest BCUT2D eigenvalue weighted by Crippen LogP contribution is 2.52. The number of hydrogen-bond acceptors (Lipinski definition) is 10. The molecule has 354 valence electrons. The number of ether oxygens (including phenoxy) is 4. The maximum absolute atomic E-state index is 14.8. The Morgan fingerprint density at radius 1 is 0.452 bits per heavy atom. The summed E-state index contributed by atoms with van der Waals surface area (Å²) in [4.78, 5) is 60.7. The Hall–Kier alpha value is -2.28. The summed E-state index contributed by atoms with van der Waals surface area (Å²) in [5.41, 5.74) is -5.21. The van der Waals surface area contributed by atoms with Gasteiger partial charge in [-0.05, 0) is 107 Å². The molecule has 0 radical (unpaired) electrons. The molecule has 4 saturated heterocycles. The number of carbonyl (C=O) groups is 4. The van der Waals surface area contributed by atoms with E-state index in [-0.39, 0.29) is 60.3 Å². The van der Waals surface area contributed by atoms with Crippen molar-refractivity contribution in [2.45, 2.75) is 267 Å². The van der Waals surface area contributed by atoms with Crippen LogP contribution in [0.3, 0.4) is 0 Å². The van der Waals surface area contributed by atoms with Gasteiger partial charge in [-0.3, -0.25) is 19.2 Å². The van der Waals surface area contributed by atoms with Crippen molar-refractivity contribution in [2.24, 2.45) is 0 Å². The molecule has 12 heteroatoms. The molecule has 0 bridgehead atoms. The molecular weight excluding hydrogens is 785 g/mol. The van der Waals surface area contributed by atoms with E-state index in [9.17, 15) is 19.2 Å². The number of amides is 2. The van der Waals surface area contributed by atoms with Crippen molar-refractivity contribution >= 4 is 23.8 Å². The number of carbonyl (C=O) groups excluding carboxylic acids is 4. The van der Waals surface area contributed by atoms with Crippen LogP contribution in [0.25, 0.3) is 0 Å². The normalized spacial score (nSPS) is 28.5. The van der Waals surface area contributed by atoms with Gasteiger partial charge in [0.25, 0.3) is 11.8 Å². The van der Waals surface area contributed by atoms with Crippen LogP contribution in [0.2, 0.25) is 0 Å². The molecule has 6 fully saturated rings. The van der Waals surface area contributed by atoms with E-state index < -0.39 is 34.6 Å². The summed E-state index contributed by atoms with van der Waals surface area (Å²) < 4.78 is 25.9. The molecule has 2 saturated carbocycles. The number of nitrogens with one attached hydrogen (secondary N) is 2. The number of esters is 2. The predicted octanol–water partition coefficient (Wildman–Crippen LogP) is 9.15. The molecule has 0 aromatic heterocycles. The fourth-order valence-corrected chi connectivity index (χ4v) is 13.4. The van der Waals surface area contributed by atoms with Crippen molar-refractivity contribution in [3.8, 4) is 0 Å². The van der Waals surface area contributed by atoms with E-state index in [0.717, 1.165) is 77.0 Å². The monoisotopic (exact) mass is 871 g/mol. The van der Waals surface area contributed by atoms with Gasteiger partial charge in [-0.15, -0.1) is 0 Å². The van der Waals surface area contributed by atoms with Gasteiger partial charge < -0.3 is 39.4 Å². The average molecular weight is 871 g/mol. The van der Waals surface area contributed by atoms with Crippen LogP contribution in [0, 0.1) is 0 Å². The molecule has 0 aromatic carbocycles. The first-order chi connectivity index (χ1) is 29.2. The summed E-state index contributed by atoms with van der Waals surface area (Å²) in [7, 11) is 0. The predicted molar refractivity (Wildman–Crippen MR) is 241 cm³/mol. The molecule has 4 spiro atoms. The topological polar surface area (TPSA) is 136 Å². The Balaban J connectivity index is 1.13. The molecule has 0 atom stereocenters. The molecule has 0 aromatic rings. The van der Waals surface area contributed by atoms with E-state index >= 15 is 0 Å². The number of rotatable bonds is 7. The Morgan fingerprint density at radius 2 is 0.694 bits per heavy atom. The molecule has 4 aliphatic heterocycles. The molecule has 0 unspecified atom stereocenters. The fourth-order valence-electron chi connectivity index (χ4n) is 13.4. The van der Waals surface area contributed by atoms with Gasteiger partial charge in [0, 0.05) is 47.8 Å². The van der Waals surface area contributed by atoms with Gasteiger partial charge in [-0.2, -0.15) is 0 Å². The lowest BCUT2D eigenvalue weighted by molar-refractivity contribution is -0.182.